The van der Waals surface area contributed by atoms with Crippen LogP contribution in [0.5, 0.6) is 0 Å². The largest absolute Gasteiger partial charge is 0.323 e. The number of nitrogens with zero attached hydrogens (tertiary/aromatic N) is 1. The maximum atomic E-state index is 11.9. The van der Waals surface area contributed by atoms with Crippen LogP contribution in [0, 0.1) is 6.92 Å². The minimum absolute atomic E-state index is 0.0945. The van der Waals surface area contributed by atoms with Crippen molar-refractivity contribution in [1.82, 2.24) is 4.98 Å². The van der Waals surface area contributed by atoms with E-state index in [4.69, 9.17) is 23.2 Å². The molecule has 0 fully saturated rings. The molecule has 0 spiro atoms. The smallest absolute Gasteiger partial charge is 0.224 e. The molecule has 20 heavy (non-hydrogen) atoms. The van der Waals surface area contributed by atoms with Crippen molar-refractivity contribution in [3.05, 3.63) is 57.8 Å². The summed E-state index contributed by atoms with van der Waals surface area (Å²) in [4.78, 5) is 15.9. The highest BCUT2D eigenvalue weighted by molar-refractivity contribution is 6.34. The topological polar surface area (TPSA) is 42.0 Å². The summed E-state index contributed by atoms with van der Waals surface area (Å²) in [6.07, 6.45) is 1.08. The van der Waals surface area contributed by atoms with E-state index in [1.54, 1.807) is 6.07 Å². The molecule has 0 aliphatic carbocycles. The molecule has 0 aliphatic heterocycles. The molecule has 1 amide bonds. The van der Waals surface area contributed by atoms with E-state index in [-0.39, 0.29) is 11.1 Å². The van der Waals surface area contributed by atoms with Crippen molar-refractivity contribution in [3.63, 3.8) is 0 Å². The molecule has 1 heterocycles. The molecular weight excluding hydrogens is 295 g/mol. The van der Waals surface area contributed by atoms with Crippen LogP contribution in [-0.4, -0.2) is 10.9 Å². The zero-order valence-electron chi connectivity index (χ0n) is 11.0. The van der Waals surface area contributed by atoms with Crippen molar-refractivity contribution in [3.8, 4) is 0 Å². The number of halogens is 2. The Hall–Kier alpha value is -1.58. The van der Waals surface area contributed by atoms with Gasteiger partial charge in [0.15, 0.2) is 5.15 Å². The minimum Gasteiger partial charge on any atom is -0.323 e. The van der Waals surface area contributed by atoms with Crippen LogP contribution in [0.25, 0.3) is 0 Å². The molecule has 3 nitrogen and oxygen atoms in total. The monoisotopic (exact) mass is 308 g/mol. The maximum absolute atomic E-state index is 11.9. The third-order valence-electron chi connectivity index (χ3n) is 2.89. The second-order valence-electron chi connectivity index (χ2n) is 4.46. The van der Waals surface area contributed by atoms with Crippen LogP contribution in [0.4, 0.5) is 5.69 Å². The summed E-state index contributed by atoms with van der Waals surface area (Å²) in [6.45, 7) is 1.83. The molecule has 0 saturated carbocycles. The molecule has 0 unspecified atom stereocenters. The van der Waals surface area contributed by atoms with Gasteiger partial charge in [-0.1, -0.05) is 53.5 Å². The molecule has 2 rings (SSSR count). The molecular formula is C15H14Cl2N2O. The van der Waals surface area contributed by atoms with Gasteiger partial charge in [-0.25, -0.2) is 4.98 Å². The van der Waals surface area contributed by atoms with Gasteiger partial charge in [-0.15, -0.1) is 0 Å². The number of hydrogen-bond acceptors (Lipinski definition) is 2. The Bertz CT molecular complexity index is 592. The fourth-order valence-electron chi connectivity index (χ4n) is 1.85. The molecule has 5 heteroatoms. The maximum Gasteiger partial charge on any atom is 0.224 e. The normalized spacial score (nSPS) is 10.3. The van der Waals surface area contributed by atoms with Crippen molar-refractivity contribution >= 4 is 34.8 Å². The van der Waals surface area contributed by atoms with Crippen LogP contribution in [0.15, 0.2) is 36.4 Å². The van der Waals surface area contributed by atoms with Crippen molar-refractivity contribution in [2.75, 3.05) is 5.32 Å². The molecule has 0 radical (unpaired) electrons. The van der Waals surface area contributed by atoms with E-state index >= 15 is 0 Å². The Labute approximate surface area is 127 Å². The van der Waals surface area contributed by atoms with Gasteiger partial charge in [0.1, 0.15) is 5.15 Å². The number of carbonyl (C=O) groups excluding carboxylic acids is 1. The minimum atomic E-state index is -0.0945. The molecule has 1 aromatic carbocycles. The predicted molar refractivity (Wildman–Crippen MR) is 82.4 cm³/mol. The highest BCUT2D eigenvalue weighted by Gasteiger charge is 2.11. The van der Waals surface area contributed by atoms with Gasteiger partial charge in [-0.05, 0) is 30.5 Å². The predicted octanol–water partition coefficient (Wildman–Crippen LogP) is 4.27. The molecule has 0 bridgehead atoms. The number of carbonyl (C=O) groups is 1. The average molecular weight is 309 g/mol. The standard InChI is InChI=1S/C15H14Cl2N2O/c1-10-9-12(16)18-15(17)14(10)19-13(20)8-7-11-5-3-2-4-6-11/h2-6,9H,7-8H2,1H3,(H,19,20). The molecule has 0 saturated heterocycles. The Kier molecular flexibility index (Phi) is 4.99. The highest BCUT2D eigenvalue weighted by atomic mass is 35.5. The van der Waals surface area contributed by atoms with E-state index in [0.717, 1.165) is 11.1 Å². The summed E-state index contributed by atoms with van der Waals surface area (Å²) in [5, 5.41) is 3.31. The number of aromatic nitrogens is 1. The third-order valence-corrected chi connectivity index (χ3v) is 3.36. The number of hydrogen-bond donors (Lipinski definition) is 1. The van der Waals surface area contributed by atoms with Crippen LogP contribution in [0.2, 0.25) is 10.3 Å². The van der Waals surface area contributed by atoms with Gasteiger partial charge in [0.2, 0.25) is 5.91 Å². The van der Waals surface area contributed by atoms with E-state index in [1.165, 1.54) is 0 Å². The van der Waals surface area contributed by atoms with E-state index in [1.807, 2.05) is 37.3 Å². The molecule has 1 aromatic heterocycles. The Morgan fingerprint density at radius 3 is 2.60 bits per heavy atom. The van der Waals surface area contributed by atoms with Gasteiger partial charge >= 0.3 is 0 Å². The van der Waals surface area contributed by atoms with Crippen LogP contribution in [-0.2, 0) is 11.2 Å². The quantitative estimate of drug-likeness (QED) is 0.857. The number of pyridine rings is 1. The van der Waals surface area contributed by atoms with E-state index in [0.29, 0.717) is 23.7 Å². The number of anilines is 1. The first kappa shape index (κ1) is 14.8. The summed E-state index contributed by atoms with van der Waals surface area (Å²) in [5.74, 6) is -0.0945. The van der Waals surface area contributed by atoms with Gasteiger partial charge in [-0.3, -0.25) is 4.79 Å². The van der Waals surface area contributed by atoms with Crippen LogP contribution in [0.3, 0.4) is 0 Å². The summed E-state index contributed by atoms with van der Waals surface area (Å²) in [5.41, 5.74) is 2.44. The molecule has 0 atom stereocenters. The number of rotatable bonds is 4. The second kappa shape index (κ2) is 6.73. The lowest BCUT2D eigenvalue weighted by atomic mass is 10.1. The lowest BCUT2D eigenvalue weighted by Crippen LogP contribution is -2.14. The third kappa shape index (κ3) is 3.95. The number of aryl methyl sites for hydroxylation is 2. The Morgan fingerprint density at radius 2 is 1.95 bits per heavy atom. The second-order valence-corrected chi connectivity index (χ2v) is 5.21. The van der Waals surface area contributed by atoms with Gasteiger partial charge in [0, 0.05) is 6.42 Å². The molecule has 2 aromatic rings. The summed E-state index contributed by atoms with van der Waals surface area (Å²) in [6, 6.07) is 11.5. The van der Waals surface area contributed by atoms with Gasteiger partial charge in [0.25, 0.3) is 0 Å². The van der Waals surface area contributed by atoms with Crippen LogP contribution in [0.1, 0.15) is 17.5 Å². The zero-order valence-corrected chi connectivity index (χ0v) is 12.5. The van der Waals surface area contributed by atoms with Crippen LogP contribution >= 0.6 is 23.2 Å². The number of amides is 1. The van der Waals surface area contributed by atoms with Gasteiger partial charge < -0.3 is 5.32 Å². The SMILES string of the molecule is Cc1cc(Cl)nc(Cl)c1NC(=O)CCc1ccccc1. The van der Waals surface area contributed by atoms with E-state index < -0.39 is 0 Å². The van der Waals surface area contributed by atoms with Gasteiger partial charge in [0.05, 0.1) is 5.69 Å². The van der Waals surface area contributed by atoms with Crippen molar-refractivity contribution in [1.29, 1.82) is 0 Å². The Morgan fingerprint density at radius 1 is 1.25 bits per heavy atom. The van der Waals surface area contributed by atoms with E-state index in [2.05, 4.69) is 10.3 Å². The van der Waals surface area contributed by atoms with Crippen LogP contribution < -0.4 is 5.32 Å². The fraction of sp³-hybridized carbons (Fsp3) is 0.200. The molecule has 104 valence electrons. The lowest BCUT2D eigenvalue weighted by molar-refractivity contribution is -0.116. The molecule has 1 N–H and O–H groups in total. The van der Waals surface area contributed by atoms with Gasteiger partial charge in [-0.2, -0.15) is 0 Å². The fourth-order valence-corrected chi connectivity index (χ4v) is 2.43. The van der Waals surface area contributed by atoms with Crippen molar-refractivity contribution in [2.24, 2.45) is 0 Å². The Balaban J connectivity index is 1.98. The number of benzene rings is 1. The average Bonchev–Trinajstić information content (AvgIpc) is 2.42. The summed E-state index contributed by atoms with van der Waals surface area (Å²) < 4.78 is 0. The first-order valence-corrected chi connectivity index (χ1v) is 6.98. The lowest BCUT2D eigenvalue weighted by Gasteiger charge is -2.10. The van der Waals surface area contributed by atoms with Crippen molar-refractivity contribution < 1.29 is 4.79 Å². The van der Waals surface area contributed by atoms with Crippen molar-refractivity contribution in [2.45, 2.75) is 19.8 Å². The summed E-state index contributed by atoms with van der Waals surface area (Å²) >= 11 is 11.8. The zero-order chi connectivity index (χ0) is 14.5. The van der Waals surface area contributed by atoms with E-state index in [9.17, 15) is 4.79 Å². The number of nitrogens with one attached hydrogen (secondary N) is 1. The highest BCUT2D eigenvalue weighted by Crippen LogP contribution is 2.26. The summed E-state index contributed by atoms with van der Waals surface area (Å²) in [7, 11) is 0. The molecule has 0 aliphatic rings. The first-order valence-electron chi connectivity index (χ1n) is 6.22. The first-order chi connectivity index (χ1) is 9.56.